The van der Waals surface area contributed by atoms with E-state index in [9.17, 15) is 9.59 Å². The van der Waals surface area contributed by atoms with Crippen molar-refractivity contribution in [1.29, 1.82) is 0 Å². The van der Waals surface area contributed by atoms with E-state index in [1.807, 2.05) is 6.92 Å². The number of amides is 1. The molecule has 1 rings (SSSR count). The van der Waals surface area contributed by atoms with Crippen LogP contribution in [0.1, 0.15) is 47.5 Å². The minimum absolute atomic E-state index is 0.0589. The van der Waals surface area contributed by atoms with E-state index >= 15 is 0 Å². The Kier molecular flexibility index (Phi) is 5.52. The molecule has 0 aliphatic rings. The molecule has 1 atom stereocenters. The zero-order chi connectivity index (χ0) is 16.2. The lowest BCUT2D eigenvalue weighted by molar-refractivity contribution is -0.146. The fourth-order valence-electron chi connectivity index (χ4n) is 2.26. The van der Waals surface area contributed by atoms with Crippen LogP contribution in [0.25, 0.3) is 0 Å². The van der Waals surface area contributed by atoms with Crippen LogP contribution < -0.4 is 5.32 Å². The van der Waals surface area contributed by atoms with E-state index in [1.165, 1.54) is 10.9 Å². The highest BCUT2D eigenvalue weighted by molar-refractivity contribution is 5.92. The van der Waals surface area contributed by atoms with Crippen molar-refractivity contribution in [3.05, 3.63) is 12.4 Å². The molecular weight excluding hydrogens is 270 g/mol. The molecule has 1 aromatic rings. The Labute approximate surface area is 125 Å². The largest absolute Gasteiger partial charge is 0.479 e. The Balaban J connectivity index is 2.79. The maximum absolute atomic E-state index is 12.2. The average Bonchev–Trinajstić information content (AvgIpc) is 2.88. The minimum Gasteiger partial charge on any atom is -0.479 e. The van der Waals surface area contributed by atoms with Gasteiger partial charge in [-0.25, -0.2) is 4.79 Å². The van der Waals surface area contributed by atoms with Gasteiger partial charge in [0, 0.05) is 12.1 Å². The molecule has 0 radical (unpaired) electrons. The predicted octanol–water partition coefficient (Wildman–Crippen LogP) is 2.71. The number of aromatic nitrogens is 2. The third-order valence-electron chi connectivity index (χ3n) is 4.12. The first-order valence-electron chi connectivity index (χ1n) is 7.33. The molecule has 0 saturated carbocycles. The molecule has 0 fully saturated rings. The Morgan fingerprint density at radius 2 is 1.95 bits per heavy atom. The number of nitrogens with one attached hydrogen (secondary N) is 1. The van der Waals surface area contributed by atoms with E-state index in [2.05, 4.69) is 24.3 Å². The molecule has 0 saturated heterocycles. The van der Waals surface area contributed by atoms with Gasteiger partial charge in [-0.3, -0.25) is 9.48 Å². The summed E-state index contributed by atoms with van der Waals surface area (Å²) in [6.07, 6.45) is 4.93. The van der Waals surface area contributed by atoms with Gasteiger partial charge in [0.15, 0.2) is 5.54 Å². The topological polar surface area (TPSA) is 84.2 Å². The molecule has 0 spiro atoms. The Bertz CT molecular complexity index is 504. The van der Waals surface area contributed by atoms with Crippen LogP contribution in [0.3, 0.4) is 0 Å². The highest BCUT2D eigenvalue weighted by atomic mass is 16.4. The van der Waals surface area contributed by atoms with Crippen molar-refractivity contribution in [3.8, 4) is 0 Å². The summed E-state index contributed by atoms with van der Waals surface area (Å²) in [5, 5.41) is 16.0. The summed E-state index contributed by atoms with van der Waals surface area (Å²) in [5.74, 6) is -0.781. The third-order valence-corrected chi connectivity index (χ3v) is 4.12. The van der Waals surface area contributed by atoms with E-state index < -0.39 is 11.5 Å². The normalized spacial score (nSPS) is 13.2. The highest BCUT2D eigenvalue weighted by Crippen LogP contribution is 2.22. The van der Waals surface area contributed by atoms with Gasteiger partial charge in [-0.05, 0) is 19.8 Å². The second-order valence-electron chi connectivity index (χ2n) is 5.89. The molecule has 6 nitrogen and oxygen atoms in total. The lowest BCUT2D eigenvalue weighted by atomic mass is 9.89. The predicted molar refractivity (Wildman–Crippen MR) is 81.1 cm³/mol. The molecule has 1 amide bonds. The molecule has 1 unspecified atom stereocenters. The van der Waals surface area contributed by atoms with Crippen LogP contribution in [-0.2, 0) is 15.1 Å². The van der Waals surface area contributed by atoms with Gasteiger partial charge in [-0.15, -0.1) is 0 Å². The number of rotatable bonds is 7. The second kappa shape index (κ2) is 6.74. The lowest BCUT2D eigenvalue weighted by Gasteiger charge is -2.20. The van der Waals surface area contributed by atoms with Crippen LogP contribution in [0.4, 0.5) is 5.69 Å². The minimum atomic E-state index is -1.15. The fourth-order valence-corrected chi connectivity index (χ4v) is 2.26. The first kappa shape index (κ1) is 17.2. The molecule has 0 aliphatic heterocycles. The summed E-state index contributed by atoms with van der Waals surface area (Å²) in [6.45, 7) is 9.18. The number of hydrogen-bond acceptors (Lipinski definition) is 3. The average molecular weight is 295 g/mol. The molecule has 1 heterocycles. The van der Waals surface area contributed by atoms with Gasteiger partial charge in [0.05, 0.1) is 11.9 Å². The first-order valence-corrected chi connectivity index (χ1v) is 7.33. The van der Waals surface area contributed by atoms with Gasteiger partial charge in [-0.1, -0.05) is 33.6 Å². The number of nitrogens with zero attached hydrogens (tertiary/aromatic N) is 2. The van der Waals surface area contributed by atoms with Crippen LogP contribution in [-0.4, -0.2) is 26.8 Å². The van der Waals surface area contributed by atoms with E-state index in [1.54, 1.807) is 20.0 Å². The Morgan fingerprint density at radius 3 is 2.43 bits per heavy atom. The number of carboxylic acids is 1. The SMILES string of the molecule is CCC(CC)C(C)C(=O)Nc1cnn(C(C)(C)C(=O)O)c1. The lowest BCUT2D eigenvalue weighted by Crippen LogP contribution is -2.36. The van der Waals surface area contributed by atoms with Crippen LogP contribution >= 0.6 is 0 Å². The standard InChI is InChI=1S/C15H25N3O3/c1-6-11(7-2)10(3)13(19)17-12-8-16-18(9-12)15(4,5)14(20)21/h8-11H,6-7H2,1-5H3,(H,17,19)(H,20,21). The quantitative estimate of drug-likeness (QED) is 0.810. The van der Waals surface area contributed by atoms with Crippen LogP contribution in [0.2, 0.25) is 0 Å². The summed E-state index contributed by atoms with van der Waals surface area (Å²) >= 11 is 0. The summed E-state index contributed by atoms with van der Waals surface area (Å²) in [7, 11) is 0. The number of carboxylic acid groups (broad SMARTS) is 1. The fraction of sp³-hybridized carbons (Fsp3) is 0.667. The summed E-state index contributed by atoms with van der Waals surface area (Å²) in [5.41, 5.74) is -0.628. The van der Waals surface area contributed by atoms with E-state index in [-0.39, 0.29) is 11.8 Å². The Morgan fingerprint density at radius 1 is 1.38 bits per heavy atom. The van der Waals surface area contributed by atoms with Crippen molar-refractivity contribution in [2.75, 3.05) is 5.32 Å². The summed E-state index contributed by atoms with van der Waals surface area (Å²) < 4.78 is 1.34. The van der Waals surface area contributed by atoms with Gasteiger partial charge in [-0.2, -0.15) is 5.10 Å². The van der Waals surface area contributed by atoms with Crippen LogP contribution in [0.15, 0.2) is 12.4 Å². The number of anilines is 1. The Hall–Kier alpha value is -1.85. The van der Waals surface area contributed by atoms with Crippen molar-refractivity contribution in [2.45, 2.75) is 53.0 Å². The molecule has 1 aromatic heterocycles. The molecular formula is C15H25N3O3. The first-order chi connectivity index (χ1) is 9.73. The van der Waals surface area contributed by atoms with E-state index in [0.717, 1.165) is 12.8 Å². The molecule has 118 valence electrons. The monoisotopic (exact) mass is 295 g/mol. The van der Waals surface area contributed by atoms with Crippen molar-refractivity contribution in [3.63, 3.8) is 0 Å². The molecule has 0 bridgehead atoms. The molecule has 21 heavy (non-hydrogen) atoms. The maximum Gasteiger partial charge on any atom is 0.331 e. The van der Waals surface area contributed by atoms with E-state index in [4.69, 9.17) is 5.11 Å². The van der Waals surface area contributed by atoms with Gasteiger partial charge in [0.1, 0.15) is 0 Å². The van der Waals surface area contributed by atoms with E-state index in [0.29, 0.717) is 11.6 Å². The summed E-state index contributed by atoms with van der Waals surface area (Å²) in [6, 6.07) is 0. The zero-order valence-electron chi connectivity index (χ0n) is 13.4. The number of hydrogen-bond donors (Lipinski definition) is 2. The highest BCUT2D eigenvalue weighted by Gasteiger charge is 2.30. The zero-order valence-corrected chi connectivity index (χ0v) is 13.4. The van der Waals surface area contributed by atoms with Crippen molar-refractivity contribution in [2.24, 2.45) is 11.8 Å². The number of carbonyl (C=O) groups excluding carboxylic acids is 1. The second-order valence-corrected chi connectivity index (χ2v) is 5.89. The van der Waals surface area contributed by atoms with Gasteiger partial charge in [0.2, 0.25) is 5.91 Å². The summed E-state index contributed by atoms with van der Waals surface area (Å²) in [4.78, 5) is 23.4. The van der Waals surface area contributed by atoms with Crippen LogP contribution in [0, 0.1) is 11.8 Å². The van der Waals surface area contributed by atoms with Gasteiger partial charge in [0.25, 0.3) is 0 Å². The van der Waals surface area contributed by atoms with Crippen molar-refractivity contribution in [1.82, 2.24) is 9.78 Å². The number of carbonyl (C=O) groups is 2. The molecule has 6 heteroatoms. The molecule has 0 aliphatic carbocycles. The molecule has 0 aromatic carbocycles. The number of aliphatic carboxylic acids is 1. The smallest absolute Gasteiger partial charge is 0.331 e. The van der Waals surface area contributed by atoms with Gasteiger partial charge >= 0.3 is 5.97 Å². The van der Waals surface area contributed by atoms with Crippen LogP contribution in [0.5, 0.6) is 0 Å². The maximum atomic E-state index is 12.2. The van der Waals surface area contributed by atoms with Crippen molar-refractivity contribution < 1.29 is 14.7 Å². The van der Waals surface area contributed by atoms with Crippen molar-refractivity contribution >= 4 is 17.6 Å². The third kappa shape index (κ3) is 3.83. The van der Waals surface area contributed by atoms with Gasteiger partial charge < -0.3 is 10.4 Å². The molecule has 2 N–H and O–H groups in total.